The first kappa shape index (κ1) is 29.7. The predicted octanol–water partition coefficient (Wildman–Crippen LogP) is 5.47. The van der Waals surface area contributed by atoms with Gasteiger partial charge in [0.05, 0.1) is 12.5 Å². The summed E-state index contributed by atoms with van der Waals surface area (Å²) in [6.07, 6.45) is 4.41. The quantitative estimate of drug-likeness (QED) is 0.287. The summed E-state index contributed by atoms with van der Waals surface area (Å²) >= 11 is 0. The lowest BCUT2D eigenvalue weighted by atomic mass is 10.0. The molecule has 1 unspecified atom stereocenters. The Labute approximate surface area is 230 Å². The smallest absolute Gasteiger partial charge is 0.305 e. The Balaban J connectivity index is 1.88. The highest BCUT2D eigenvalue weighted by molar-refractivity contribution is 5.81. The fourth-order valence-electron chi connectivity index (χ4n) is 4.77. The second kappa shape index (κ2) is 14.3. The van der Waals surface area contributed by atoms with Crippen molar-refractivity contribution in [1.29, 1.82) is 0 Å². The average molecular weight is 533 g/mol. The SMILES string of the molecule is CCCCC(C(=O)N[C@@H](CC(=O)O)Cc1cccc(OC(C)C)c1)n1cc(C)cc(Cc2ccccc2)c1=O. The molecule has 0 saturated carbocycles. The number of nitrogens with zero attached hydrogens (tertiary/aromatic N) is 1. The van der Waals surface area contributed by atoms with Gasteiger partial charge in [-0.05, 0) is 68.5 Å². The summed E-state index contributed by atoms with van der Waals surface area (Å²) < 4.78 is 7.31. The monoisotopic (exact) mass is 532 g/mol. The van der Waals surface area contributed by atoms with Crippen molar-refractivity contribution >= 4 is 11.9 Å². The molecule has 2 aromatic carbocycles. The van der Waals surface area contributed by atoms with Gasteiger partial charge in [0.25, 0.3) is 5.56 Å². The van der Waals surface area contributed by atoms with Crippen molar-refractivity contribution in [1.82, 2.24) is 9.88 Å². The van der Waals surface area contributed by atoms with Crippen molar-refractivity contribution in [3.05, 3.63) is 99.5 Å². The summed E-state index contributed by atoms with van der Waals surface area (Å²) in [5, 5.41) is 12.5. The van der Waals surface area contributed by atoms with E-state index in [4.69, 9.17) is 4.74 Å². The number of ether oxygens (including phenoxy) is 1. The van der Waals surface area contributed by atoms with E-state index in [9.17, 15) is 19.5 Å². The van der Waals surface area contributed by atoms with Crippen molar-refractivity contribution in [2.24, 2.45) is 0 Å². The Morgan fingerprint density at radius 2 is 1.74 bits per heavy atom. The van der Waals surface area contributed by atoms with Gasteiger partial charge < -0.3 is 19.7 Å². The van der Waals surface area contributed by atoms with Crippen molar-refractivity contribution < 1.29 is 19.4 Å². The molecule has 0 bridgehead atoms. The number of rotatable bonds is 14. The van der Waals surface area contributed by atoms with Crippen LogP contribution in [0, 0.1) is 6.92 Å². The van der Waals surface area contributed by atoms with Gasteiger partial charge in [-0.25, -0.2) is 0 Å². The summed E-state index contributed by atoms with van der Waals surface area (Å²) in [7, 11) is 0. The molecular weight excluding hydrogens is 492 g/mol. The van der Waals surface area contributed by atoms with Crippen LogP contribution in [0.2, 0.25) is 0 Å². The van der Waals surface area contributed by atoms with Gasteiger partial charge in [-0.15, -0.1) is 0 Å². The zero-order valence-corrected chi connectivity index (χ0v) is 23.4. The minimum Gasteiger partial charge on any atom is -0.491 e. The molecule has 0 aliphatic heterocycles. The van der Waals surface area contributed by atoms with E-state index in [1.807, 2.05) is 88.4 Å². The second-order valence-electron chi connectivity index (χ2n) is 10.4. The van der Waals surface area contributed by atoms with Crippen LogP contribution in [0.15, 0.2) is 71.7 Å². The highest BCUT2D eigenvalue weighted by atomic mass is 16.5. The lowest BCUT2D eigenvalue weighted by molar-refractivity contribution is -0.137. The third kappa shape index (κ3) is 9.13. The summed E-state index contributed by atoms with van der Waals surface area (Å²) in [4.78, 5) is 39.0. The van der Waals surface area contributed by atoms with Crippen LogP contribution in [0.1, 0.15) is 74.8 Å². The van der Waals surface area contributed by atoms with E-state index in [0.717, 1.165) is 29.5 Å². The van der Waals surface area contributed by atoms with E-state index in [-0.39, 0.29) is 24.0 Å². The van der Waals surface area contributed by atoms with Crippen molar-refractivity contribution in [2.75, 3.05) is 0 Å². The number of carbonyl (C=O) groups excluding carboxylic acids is 1. The summed E-state index contributed by atoms with van der Waals surface area (Å²) in [5.41, 5.74) is 3.20. The molecule has 1 aromatic heterocycles. The van der Waals surface area contributed by atoms with E-state index in [2.05, 4.69) is 5.32 Å². The number of carbonyl (C=O) groups is 2. The molecule has 0 saturated heterocycles. The number of nitrogens with one attached hydrogen (secondary N) is 1. The maximum Gasteiger partial charge on any atom is 0.305 e. The maximum atomic E-state index is 13.7. The first-order valence-electron chi connectivity index (χ1n) is 13.7. The predicted molar refractivity (Wildman–Crippen MR) is 153 cm³/mol. The van der Waals surface area contributed by atoms with Gasteiger partial charge in [-0.3, -0.25) is 14.4 Å². The number of pyridine rings is 1. The summed E-state index contributed by atoms with van der Waals surface area (Å²) in [6.45, 7) is 7.83. The van der Waals surface area contributed by atoms with E-state index in [1.165, 1.54) is 4.57 Å². The van der Waals surface area contributed by atoms with Gasteiger partial charge in [0.15, 0.2) is 0 Å². The van der Waals surface area contributed by atoms with Crippen LogP contribution in [0.25, 0.3) is 0 Å². The normalized spacial score (nSPS) is 12.6. The molecule has 3 rings (SSSR count). The molecule has 208 valence electrons. The number of aliphatic carboxylic acids is 1. The number of aryl methyl sites for hydroxylation is 1. The Morgan fingerprint density at radius 3 is 2.41 bits per heavy atom. The third-order valence-corrected chi connectivity index (χ3v) is 6.48. The molecule has 0 aliphatic carbocycles. The van der Waals surface area contributed by atoms with Gasteiger partial charge in [0.2, 0.25) is 5.91 Å². The van der Waals surface area contributed by atoms with E-state index in [1.54, 1.807) is 6.20 Å². The number of carboxylic acid groups (broad SMARTS) is 1. The Hall–Kier alpha value is -3.87. The number of carboxylic acids is 1. The number of aromatic nitrogens is 1. The number of benzene rings is 2. The zero-order valence-electron chi connectivity index (χ0n) is 23.4. The lowest BCUT2D eigenvalue weighted by Gasteiger charge is -2.24. The van der Waals surface area contributed by atoms with Gasteiger partial charge in [-0.1, -0.05) is 62.2 Å². The van der Waals surface area contributed by atoms with Gasteiger partial charge in [0, 0.05) is 24.2 Å². The molecule has 1 amide bonds. The first-order chi connectivity index (χ1) is 18.7. The standard InChI is InChI=1S/C32H40N2O5/c1-5-6-15-29(34-21-23(4)16-26(32(34)38)17-24-11-8-7-9-12-24)31(37)33-27(20-30(35)36)18-25-13-10-14-28(19-25)39-22(2)3/h7-14,16,19,21-22,27,29H,5-6,15,17-18,20H2,1-4H3,(H,33,37)(H,35,36)/t27-,29?/m1/s1. The van der Waals surface area contributed by atoms with Crippen LogP contribution < -0.4 is 15.6 Å². The van der Waals surface area contributed by atoms with Gasteiger partial charge in [-0.2, -0.15) is 0 Å². The maximum absolute atomic E-state index is 13.7. The molecule has 2 atom stereocenters. The summed E-state index contributed by atoms with van der Waals surface area (Å²) in [6, 6.07) is 17.7. The van der Waals surface area contributed by atoms with Crippen LogP contribution in [0.3, 0.4) is 0 Å². The van der Waals surface area contributed by atoms with E-state index in [0.29, 0.717) is 30.6 Å². The Kier molecular flexibility index (Phi) is 10.9. The van der Waals surface area contributed by atoms with Crippen LogP contribution >= 0.6 is 0 Å². The fourth-order valence-corrected chi connectivity index (χ4v) is 4.77. The first-order valence-corrected chi connectivity index (χ1v) is 13.7. The van der Waals surface area contributed by atoms with Crippen molar-refractivity contribution in [2.45, 2.75) is 84.4 Å². The van der Waals surface area contributed by atoms with Crippen molar-refractivity contribution in [3.63, 3.8) is 0 Å². The highest BCUT2D eigenvalue weighted by Gasteiger charge is 2.26. The van der Waals surface area contributed by atoms with Gasteiger partial charge in [0.1, 0.15) is 11.8 Å². The van der Waals surface area contributed by atoms with Crippen LogP contribution in [0.4, 0.5) is 0 Å². The number of hydrogen-bond donors (Lipinski definition) is 2. The van der Waals surface area contributed by atoms with E-state index >= 15 is 0 Å². The minimum atomic E-state index is -1.00. The molecule has 2 N–H and O–H groups in total. The molecule has 1 heterocycles. The fraction of sp³-hybridized carbons (Fsp3) is 0.406. The average Bonchev–Trinajstić information content (AvgIpc) is 2.87. The second-order valence-corrected chi connectivity index (χ2v) is 10.4. The molecule has 0 fully saturated rings. The molecule has 0 spiro atoms. The lowest BCUT2D eigenvalue weighted by Crippen LogP contribution is -2.44. The molecule has 7 heteroatoms. The topological polar surface area (TPSA) is 97.6 Å². The molecule has 0 radical (unpaired) electrons. The van der Waals surface area contributed by atoms with Crippen molar-refractivity contribution in [3.8, 4) is 5.75 Å². The molecule has 7 nitrogen and oxygen atoms in total. The summed E-state index contributed by atoms with van der Waals surface area (Å²) in [5.74, 6) is -0.651. The molecule has 0 aliphatic rings. The molecule has 39 heavy (non-hydrogen) atoms. The molecule has 3 aromatic rings. The molecular formula is C32H40N2O5. The van der Waals surface area contributed by atoms with Crippen LogP contribution in [-0.2, 0) is 22.4 Å². The van der Waals surface area contributed by atoms with Gasteiger partial charge >= 0.3 is 5.97 Å². The highest BCUT2D eigenvalue weighted by Crippen LogP contribution is 2.20. The zero-order chi connectivity index (χ0) is 28.4. The van der Waals surface area contributed by atoms with Crippen LogP contribution in [0.5, 0.6) is 5.75 Å². The Morgan fingerprint density at radius 1 is 1.03 bits per heavy atom. The number of amides is 1. The van der Waals surface area contributed by atoms with Crippen LogP contribution in [-0.4, -0.2) is 33.7 Å². The minimum absolute atomic E-state index is 0.00789. The van der Waals surface area contributed by atoms with E-state index < -0.39 is 18.1 Å². The number of unbranched alkanes of at least 4 members (excludes halogenated alkanes) is 1. The largest absolute Gasteiger partial charge is 0.491 e. The number of hydrogen-bond acceptors (Lipinski definition) is 4. The Bertz CT molecular complexity index is 1300. The third-order valence-electron chi connectivity index (χ3n) is 6.48.